The minimum atomic E-state index is -0.229. The Morgan fingerprint density at radius 3 is 2.60 bits per heavy atom. The molecule has 0 aliphatic heterocycles. The molecule has 100 valence electrons. The fourth-order valence-corrected chi connectivity index (χ4v) is 2.23. The smallest absolute Gasteiger partial charge is 0.291 e. The summed E-state index contributed by atoms with van der Waals surface area (Å²) >= 11 is 0. The Labute approximate surface area is 117 Å². The Morgan fingerprint density at radius 1 is 1.05 bits per heavy atom. The van der Waals surface area contributed by atoms with Gasteiger partial charge in [-0.3, -0.25) is 4.79 Å². The molecule has 0 spiro atoms. The third-order valence-corrected chi connectivity index (χ3v) is 3.28. The molecule has 0 atom stereocenters. The van der Waals surface area contributed by atoms with Crippen LogP contribution in [-0.2, 0) is 0 Å². The molecule has 3 nitrogen and oxygen atoms in total. The normalized spacial score (nSPS) is 10.7. The van der Waals surface area contributed by atoms with Gasteiger partial charge in [-0.15, -0.1) is 0 Å². The Bertz CT molecular complexity index is 754. The molecule has 2 aromatic carbocycles. The van der Waals surface area contributed by atoms with Gasteiger partial charge in [0.25, 0.3) is 5.91 Å². The van der Waals surface area contributed by atoms with Crippen molar-refractivity contribution < 1.29 is 9.21 Å². The Hall–Kier alpha value is -2.55. The third-order valence-electron chi connectivity index (χ3n) is 3.28. The van der Waals surface area contributed by atoms with Crippen molar-refractivity contribution in [2.45, 2.75) is 13.8 Å². The molecule has 0 saturated heterocycles. The molecule has 20 heavy (non-hydrogen) atoms. The van der Waals surface area contributed by atoms with E-state index in [2.05, 4.69) is 5.32 Å². The number of nitrogens with one attached hydrogen (secondary N) is 1. The van der Waals surface area contributed by atoms with Crippen molar-refractivity contribution in [3.05, 3.63) is 65.4 Å². The van der Waals surface area contributed by atoms with Gasteiger partial charge < -0.3 is 9.73 Å². The number of carbonyl (C=O) groups excluding carboxylic acids is 1. The fourth-order valence-electron chi connectivity index (χ4n) is 2.23. The maximum atomic E-state index is 12.2. The van der Waals surface area contributed by atoms with E-state index in [4.69, 9.17) is 4.42 Å². The molecular weight excluding hydrogens is 250 g/mol. The van der Waals surface area contributed by atoms with Gasteiger partial charge in [-0.25, -0.2) is 0 Å². The predicted octanol–water partition coefficient (Wildman–Crippen LogP) is 4.30. The molecule has 0 bridgehead atoms. The van der Waals surface area contributed by atoms with Crippen LogP contribution in [0.4, 0.5) is 5.69 Å². The van der Waals surface area contributed by atoms with Gasteiger partial charge in [0.05, 0.1) is 0 Å². The molecule has 1 heterocycles. The quantitative estimate of drug-likeness (QED) is 0.750. The molecular formula is C17H15NO2. The molecule has 1 amide bonds. The molecule has 0 radical (unpaired) electrons. The van der Waals surface area contributed by atoms with E-state index in [0.29, 0.717) is 5.76 Å². The Balaban J connectivity index is 1.89. The van der Waals surface area contributed by atoms with Crippen LogP contribution in [0.5, 0.6) is 0 Å². The van der Waals surface area contributed by atoms with Crippen molar-refractivity contribution in [2.75, 3.05) is 5.32 Å². The number of aryl methyl sites for hydroxylation is 2. The maximum Gasteiger partial charge on any atom is 0.291 e. The summed E-state index contributed by atoms with van der Waals surface area (Å²) in [4.78, 5) is 12.2. The number of amides is 1. The molecule has 1 aromatic heterocycles. The zero-order chi connectivity index (χ0) is 14.1. The number of anilines is 1. The van der Waals surface area contributed by atoms with E-state index >= 15 is 0 Å². The molecule has 0 fully saturated rings. The van der Waals surface area contributed by atoms with Crippen LogP contribution in [0.25, 0.3) is 11.0 Å². The minimum Gasteiger partial charge on any atom is -0.451 e. The van der Waals surface area contributed by atoms with E-state index < -0.39 is 0 Å². The zero-order valence-corrected chi connectivity index (χ0v) is 11.4. The number of fused-ring (bicyclic) bond motifs is 1. The lowest BCUT2D eigenvalue weighted by Gasteiger charge is -2.07. The van der Waals surface area contributed by atoms with E-state index in [0.717, 1.165) is 22.2 Å². The van der Waals surface area contributed by atoms with E-state index in [1.165, 1.54) is 5.56 Å². The first-order valence-corrected chi connectivity index (χ1v) is 6.51. The molecule has 0 aliphatic rings. The third kappa shape index (κ3) is 2.30. The topological polar surface area (TPSA) is 42.2 Å². The van der Waals surface area contributed by atoms with Gasteiger partial charge in [0.15, 0.2) is 5.76 Å². The molecule has 3 aromatic rings. The standard InChI is InChI=1S/C17H15NO2/c1-11-7-8-14(12(2)9-11)18-17(19)16-10-13-5-3-4-6-15(13)20-16/h3-10H,1-2H3,(H,18,19). The van der Waals surface area contributed by atoms with Crippen LogP contribution < -0.4 is 5.32 Å². The van der Waals surface area contributed by atoms with Gasteiger partial charge in [-0.1, -0.05) is 35.9 Å². The lowest BCUT2D eigenvalue weighted by molar-refractivity contribution is 0.0998. The second-order valence-electron chi connectivity index (χ2n) is 4.92. The number of rotatable bonds is 2. The van der Waals surface area contributed by atoms with Gasteiger partial charge in [0.1, 0.15) is 5.58 Å². The SMILES string of the molecule is Cc1ccc(NC(=O)c2cc3ccccc3o2)c(C)c1. The summed E-state index contributed by atoms with van der Waals surface area (Å²) in [6.07, 6.45) is 0. The first-order chi connectivity index (χ1) is 9.63. The monoisotopic (exact) mass is 265 g/mol. The minimum absolute atomic E-state index is 0.229. The number of hydrogen-bond acceptors (Lipinski definition) is 2. The summed E-state index contributed by atoms with van der Waals surface area (Å²) in [5, 5.41) is 3.81. The van der Waals surface area contributed by atoms with Gasteiger partial charge in [0, 0.05) is 11.1 Å². The van der Waals surface area contributed by atoms with E-state index in [1.54, 1.807) is 6.07 Å². The van der Waals surface area contributed by atoms with E-state index in [-0.39, 0.29) is 5.91 Å². The summed E-state index contributed by atoms with van der Waals surface area (Å²) in [5.74, 6) is 0.0966. The van der Waals surface area contributed by atoms with E-state index in [9.17, 15) is 4.79 Å². The Kier molecular flexibility index (Phi) is 3.03. The van der Waals surface area contributed by atoms with Crippen molar-refractivity contribution in [3.8, 4) is 0 Å². The Morgan fingerprint density at radius 2 is 1.85 bits per heavy atom. The van der Waals surface area contributed by atoms with Crippen molar-refractivity contribution in [1.82, 2.24) is 0 Å². The van der Waals surface area contributed by atoms with Crippen molar-refractivity contribution in [3.63, 3.8) is 0 Å². The first kappa shape index (κ1) is 12.5. The van der Waals surface area contributed by atoms with Crippen LogP contribution in [0.2, 0.25) is 0 Å². The van der Waals surface area contributed by atoms with Crippen molar-refractivity contribution in [2.24, 2.45) is 0 Å². The molecule has 0 aliphatic carbocycles. The largest absolute Gasteiger partial charge is 0.451 e. The lowest BCUT2D eigenvalue weighted by atomic mass is 10.1. The van der Waals surface area contributed by atoms with E-state index in [1.807, 2.05) is 56.3 Å². The summed E-state index contributed by atoms with van der Waals surface area (Å²) in [5.41, 5.74) is 3.73. The highest BCUT2D eigenvalue weighted by Gasteiger charge is 2.13. The highest BCUT2D eigenvalue weighted by molar-refractivity contribution is 6.04. The highest BCUT2D eigenvalue weighted by Crippen LogP contribution is 2.21. The number of furan rings is 1. The lowest BCUT2D eigenvalue weighted by Crippen LogP contribution is -2.11. The second-order valence-corrected chi connectivity index (χ2v) is 4.92. The average Bonchev–Trinajstić information content (AvgIpc) is 2.86. The van der Waals surface area contributed by atoms with Crippen molar-refractivity contribution in [1.29, 1.82) is 0 Å². The van der Waals surface area contributed by atoms with Crippen molar-refractivity contribution >= 4 is 22.6 Å². The van der Waals surface area contributed by atoms with Crippen LogP contribution in [0.1, 0.15) is 21.7 Å². The predicted molar refractivity (Wildman–Crippen MR) is 80.1 cm³/mol. The highest BCUT2D eigenvalue weighted by atomic mass is 16.3. The summed E-state index contributed by atoms with van der Waals surface area (Å²) < 4.78 is 5.55. The number of para-hydroxylation sites is 1. The molecule has 0 saturated carbocycles. The average molecular weight is 265 g/mol. The number of benzene rings is 2. The molecule has 3 rings (SSSR count). The van der Waals surface area contributed by atoms with Crippen LogP contribution in [0.15, 0.2) is 52.9 Å². The van der Waals surface area contributed by atoms with Gasteiger partial charge in [-0.05, 0) is 37.6 Å². The molecule has 0 unspecified atom stereocenters. The zero-order valence-electron chi connectivity index (χ0n) is 11.4. The van der Waals surface area contributed by atoms with Gasteiger partial charge in [0.2, 0.25) is 0 Å². The molecule has 1 N–H and O–H groups in total. The summed E-state index contributed by atoms with van der Waals surface area (Å²) in [6.45, 7) is 4.00. The number of hydrogen-bond donors (Lipinski definition) is 1. The van der Waals surface area contributed by atoms with Gasteiger partial charge in [-0.2, -0.15) is 0 Å². The second kappa shape index (κ2) is 4.85. The maximum absolute atomic E-state index is 12.2. The van der Waals surface area contributed by atoms with Crippen LogP contribution >= 0.6 is 0 Å². The summed E-state index contributed by atoms with van der Waals surface area (Å²) in [7, 11) is 0. The molecule has 3 heteroatoms. The van der Waals surface area contributed by atoms with Crippen LogP contribution in [-0.4, -0.2) is 5.91 Å². The van der Waals surface area contributed by atoms with Crippen LogP contribution in [0.3, 0.4) is 0 Å². The fraction of sp³-hybridized carbons (Fsp3) is 0.118. The van der Waals surface area contributed by atoms with Gasteiger partial charge >= 0.3 is 0 Å². The number of carbonyl (C=O) groups is 1. The summed E-state index contributed by atoms with van der Waals surface area (Å²) in [6, 6.07) is 15.3. The first-order valence-electron chi connectivity index (χ1n) is 6.51. The van der Waals surface area contributed by atoms with Crippen LogP contribution in [0, 0.1) is 13.8 Å².